The molecule has 3 unspecified atom stereocenters. The van der Waals surface area contributed by atoms with Crippen LogP contribution in [0.2, 0.25) is 0 Å². The summed E-state index contributed by atoms with van der Waals surface area (Å²) in [5.74, 6) is 0.347. The van der Waals surface area contributed by atoms with Crippen molar-refractivity contribution in [3.05, 3.63) is 35.4 Å². The predicted octanol–water partition coefficient (Wildman–Crippen LogP) is 4.56. The average molecular weight is 295 g/mol. The minimum atomic E-state index is -0.733. The number of hydrogen-bond acceptors (Lipinski definition) is 1. The summed E-state index contributed by atoms with van der Waals surface area (Å²) in [5.41, 5.74) is 0.521. The van der Waals surface area contributed by atoms with E-state index in [4.69, 9.17) is 0 Å². The fourth-order valence-electron chi connectivity index (χ4n) is 3.65. The van der Waals surface area contributed by atoms with Crippen molar-refractivity contribution in [1.82, 2.24) is 5.32 Å². The van der Waals surface area contributed by atoms with E-state index in [1.807, 2.05) is 0 Å². The van der Waals surface area contributed by atoms with Crippen molar-refractivity contribution < 1.29 is 8.78 Å². The first-order valence-corrected chi connectivity index (χ1v) is 8.19. The van der Waals surface area contributed by atoms with Gasteiger partial charge in [0.25, 0.3) is 0 Å². The molecule has 2 rings (SSSR count). The Kier molecular flexibility index (Phi) is 5.74. The Morgan fingerprint density at radius 2 is 2.00 bits per heavy atom. The molecule has 21 heavy (non-hydrogen) atoms. The molecule has 0 amide bonds. The Bertz CT molecular complexity index is 459. The summed E-state index contributed by atoms with van der Waals surface area (Å²) in [5, 5.41) is 3.53. The zero-order valence-electron chi connectivity index (χ0n) is 13.3. The molecule has 0 bridgehead atoms. The van der Waals surface area contributed by atoms with E-state index in [1.54, 1.807) is 12.1 Å². The normalized spacial score (nSPS) is 26.3. The summed E-state index contributed by atoms with van der Waals surface area (Å²) in [6.07, 6.45) is 4.10. The Morgan fingerprint density at radius 1 is 1.24 bits per heavy atom. The highest BCUT2D eigenvalue weighted by Crippen LogP contribution is 2.36. The van der Waals surface area contributed by atoms with E-state index in [2.05, 4.69) is 26.1 Å². The van der Waals surface area contributed by atoms with Crippen LogP contribution in [-0.4, -0.2) is 12.6 Å². The molecule has 0 aromatic heterocycles. The van der Waals surface area contributed by atoms with E-state index in [0.29, 0.717) is 35.8 Å². The van der Waals surface area contributed by atoms with Crippen molar-refractivity contribution >= 4 is 0 Å². The predicted molar refractivity (Wildman–Crippen MR) is 83.2 cm³/mol. The molecule has 3 heteroatoms. The van der Waals surface area contributed by atoms with Gasteiger partial charge in [-0.1, -0.05) is 32.9 Å². The van der Waals surface area contributed by atoms with Crippen LogP contribution in [0, 0.1) is 29.4 Å². The molecule has 1 fully saturated rings. The maximum Gasteiger partial charge on any atom is 0.162 e. The van der Waals surface area contributed by atoms with Crippen LogP contribution in [0.3, 0.4) is 0 Å². The van der Waals surface area contributed by atoms with Crippen LogP contribution in [-0.2, 0) is 6.42 Å². The monoisotopic (exact) mass is 295 g/mol. The standard InChI is InChI=1S/C18H27F2N/c1-4-21-17-9-8-13(12(2)3)10-15(17)11-14-6-5-7-16(19)18(14)20/h5-7,12-13,15,17,21H,4,8-11H2,1-3H3. The highest BCUT2D eigenvalue weighted by molar-refractivity contribution is 5.20. The van der Waals surface area contributed by atoms with E-state index in [-0.39, 0.29) is 0 Å². The zero-order valence-corrected chi connectivity index (χ0v) is 13.3. The lowest BCUT2D eigenvalue weighted by atomic mass is 9.71. The second-order valence-corrected chi connectivity index (χ2v) is 6.66. The fourth-order valence-corrected chi connectivity index (χ4v) is 3.65. The van der Waals surface area contributed by atoms with E-state index >= 15 is 0 Å². The highest BCUT2D eigenvalue weighted by Gasteiger charge is 2.32. The van der Waals surface area contributed by atoms with E-state index in [1.165, 1.54) is 12.5 Å². The number of nitrogens with one attached hydrogen (secondary N) is 1. The van der Waals surface area contributed by atoms with Crippen molar-refractivity contribution in [1.29, 1.82) is 0 Å². The molecule has 1 aliphatic carbocycles. The third-order valence-electron chi connectivity index (χ3n) is 4.95. The number of halogens is 2. The summed E-state index contributed by atoms with van der Waals surface area (Å²) in [6, 6.07) is 4.95. The summed E-state index contributed by atoms with van der Waals surface area (Å²) in [7, 11) is 0. The molecule has 3 atom stereocenters. The van der Waals surface area contributed by atoms with Crippen molar-refractivity contribution in [2.24, 2.45) is 17.8 Å². The molecular weight excluding hydrogens is 268 g/mol. The van der Waals surface area contributed by atoms with E-state index < -0.39 is 11.6 Å². The van der Waals surface area contributed by atoms with Crippen molar-refractivity contribution in [3.63, 3.8) is 0 Å². The maximum absolute atomic E-state index is 13.9. The van der Waals surface area contributed by atoms with Gasteiger partial charge in [0.05, 0.1) is 0 Å². The van der Waals surface area contributed by atoms with Gasteiger partial charge in [-0.15, -0.1) is 0 Å². The Morgan fingerprint density at radius 3 is 2.67 bits per heavy atom. The molecule has 1 nitrogen and oxygen atoms in total. The number of benzene rings is 1. The second kappa shape index (κ2) is 7.35. The van der Waals surface area contributed by atoms with Crippen LogP contribution in [0.15, 0.2) is 18.2 Å². The molecule has 1 saturated carbocycles. The van der Waals surface area contributed by atoms with Crippen LogP contribution in [0.25, 0.3) is 0 Å². The quantitative estimate of drug-likeness (QED) is 0.840. The Balaban J connectivity index is 2.13. The molecule has 1 aromatic carbocycles. The number of hydrogen-bond donors (Lipinski definition) is 1. The van der Waals surface area contributed by atoms with Gasteiger partial charge in [0.15, 0.2) is 11.6 Å². The Labute approximate surface area is 127 Å². The van der Waals surface area contributed by atoms with Gasteiger partial charge in [-0.2, -0.15) is 0 Å². The smallest absolute Gasteiger partial charge is 0.162 e. The lowest BCUT2D eigenvalue weighted by molar-refractivity contribution is 0.168. The fraction of sp³-hybridized carbons (Fsp3) is 0.667. The minimum Gasteiger partial charge on any atom is -0.314 e. The van der Waals surface area contributed by atoms with Gasteiger partial charge < -0.3 is 5.32 Å². The third kappa shape index (κ3) is 4.03. The molecule has 118 valence electrons. The van der Waals surface area contributed by atoms with Gasteiger partial charge in [0.2, 0.25) is 0 Å². The molecule has 0 spiro atoms. The molecule has 0 radical (unpaired) electrons. The van der Waals surface area contributed by atoms with Gasteiger partial charge in [-0.05, 0) is 61.6 Å². The van der Waals surface area contributed by atoms with Gasteiger partial charge in [0, 0.05) is 6.04 Å². The Hall–Kier alpha value is -0.960. The number of rotatable bonds is 5. The third-order valence-corrected chi connectivity index (χ3v) is 4.95. The molecule has 1 N–H and O–H groups in total. The molecular formula is C18H27F2N. The minimum absolute atomic E-state index is 0.391. The first kappa shape index (κ1) is 16.4. The van der Waals surface area contributed by atoms with E-state index in [9.17, 15) is 8.78 Å². The molecule has 0 heterocycles. The van der Waals surface area contributed by atoms with Gasteiger partial charge in [-0.3, -0.25) is 0 Å². The first-order valence-electron chi connectivity index (χ1n) is 8.19. The van der Waals surface area contributed by atoms with Crippen LogP contribution in [0.5, 0.6) is 0 Å². The highest BCUT2D eigenvalue weighted by atomic mass is 19.2. The van der Waals surface area contributed by atoms with Gasteiger partial charge in [-0.25, -0.2) is 8.78 Å². The van der Waals surface area contributed by atoms with Crippen LogP contribution in [0.4, 0.5) is 8.78 Å². The molecule has 0 aliphatic heterocycles. The lowest BCUT2D eigenvalue weighted by Gasteiger charge is -2.38. The van der Waals surface area contributed by atoms with Gasteiger partial charge >= 0.3 is 0 Å². The lowest BCUT2D eigenvalue weighted by Crippen LogP contribution is -2.42. The summed E-state index contributed by atoms with van der Waals surface area (Å²) in [4.78, 5) is 0. The second-order valence-electron chi connectivity index (χ2n) is 6.66. The topological polar surface area (TPSA) is 12.0 Å². The van der Waals surface area contributed by atoms with E-state index in [0.717, 1.165) is 19.4 Å². The zero-order chi connectivity index (χ0) is 15.4. The molecule has 0 saturated heterocycles. The molecule has 1 aromatic rings. The van der Waals surface area contributed by atoms with Crippen LogP contribution in [0.1, 0.15) is 45.6 Å². The SMILES string of the molecule is CCNC1CCC(C(C)C)CC1Cc1cccc(F)c1F. The van der Waals surface area contributed by atoms with Crippen LogP contribution < -0.4 is 5.32 Å². The average Bonchev–Trinajstić information content (AvgIpc) is 2.45. The van der Waals surface area contributed by atoms with Gasteiger partial charge in [0.1, 0.15) is 0 Å². The van der Waals surface area contributed by atoms with Crippen molar-refractivity contribution in [2.45, 2.75) is 52.5 Å². The van der Waals surface area contributed by atoms with Crippen molar-refractivity contribution in [2.75, 3.05) is 6.54 Å². The summed E-state index contributed by atoms with van der Waals surface area (Å²) >= 11 is 0. The summed E-state index contributed by atoms with van der Waals surface area (Å²) < 4.78 is 27.3. The summed E-state index contributed by atoms with van der Waals surface area (Å²) in [6.45, 7) is 7.56. The maximum atomic E-state index is 13.9. The van der Waals surface area contributed by atoms with Crippen LogP contribution >= 0.6 is 0 Å². The largest absolute Gasteiger partial charge is 0.314 e. The van der Waals surface area contributed by atoms with Crippen molar-refractivity contribution in [3.8, 4) is 0 Å². The molecule has 1 aliphatic rings. The first-order chi connectivity index (χ1) is 10.0.